The third-order valence-electron chi connectivity index (χ3n) is 4.32. The predicted octanol–water partition coefficient (Wildman–Crippen LogP) is 4.12. The molecule has 9 heteroatoms. The first-order chi connectivity index (χ1) is 13.8. The Bertz CT molecular complexity index is 1140. The Labute approximate surface area is 172 Å². The summed E-state index contributed by atoms with van der Waals surface area (Å²) in [5.41, 5.74) is 6.47. The van der Waals surface area contributed by atoms with Gasteiger partial charge in [0.05, 0.1) is 28.1 Å². The summed E-state index contributed by atoms with van der Waals surface area (Å²) in [6.07, 6.45) is 1.40. The van der Waals surface area contributed by atoms with Crippen LogP contribution in [0.25, 0.3) is 5.69 Å². The van der Waals surface area contributed by atoms with Crippen LogP contribution in [-0.2, 0) is 0 Å². The quantitative estimate of drug-likeness (QED) is 0.387. The molecule has 0 aliphatic carbocycles. The SMILES string of the molecule is Cc1ccc(C)c(-n2nc(C)c(/C=N\NC(=O)c3cccc([N+](=O)[O-])c3)c2Cl)c1. The first-order valence-corrected chi connectivity index (χ1v) is 9.06. The van der Waals surface area contributed by atoms with Gasteiger partial charge in [0.25, 0.3) is 11.6 Å². The summed E-state index contributed by atoms with van der Waals surface area (Å²) in [4.78, 5) is 22.5. The number of hydrogen-bond acceptors (Lipinski definition) is 5. The summed E-state index contributed by atoms with van der Waals surface area (Å²) in [7, 11) is 0. The highest BCUT2D eigenvalue weighted by atomic mass is 35.5. The van der Waals surface area contributed by atoms with E-state index in [4.69, 9.17) is 11.6 Å². The fourth-order valence-corrected chi connectivity index (χ4v) is 3.06. The number of aromatic nitrogens is 2. The average molecular weight is 412 g/mol. The molecule has 0 fully saturated rings. The van der Waals surface area contributed by atoms with Gasteiger partial charge in [0.15, 0.2) is 0 Å². The van der Waals surface area contributed by atoms with E-state index in [0.717, 1.165) is 16.8 Å². The largest absolute Gasteiger partial charge is 0.271 e. The molecular weight excluding hydrogens is 394 g/mol. The Morgan fingerprint density at radius 3 is 2.72 bits per heavy atom. The highest BCUT2D eigenvalue weighted by Crippen LogP contribution is 2.24. The summed E-state index contributed by atoms with van der Waals surface area (Å²) < 4.78 is 1.63. The minimum Gasteiger partial charge on any atom is -0.267 e. The smallest absolute Gasteiger partial charge is 0.267 e. The van der Waals surface area contributed by atoms with Crippen LogP contribution in [0.4, 0.5) is 5.69 Å². The van der Waals surface area contributed by atoms with E-state index < -0.39 is 10.8 Å². The van der Waals surface area contributed by atoms with Crippen LogP contribution in [0.1, 0.15) is 32.7 Å². The fourth-order valence-electron chi connectivity index (χ4n) is 2.75. The molecule has 1 amide bonds. The molecule has 148 valence electrons. The van der Waals surface area contributed by atoms with E-state index in [0.29, 0.717) is 16.4 Å². The molecule has 1 N–H and O–H groups in total. The van der Waals surface area contributed by atoms with Crippen molar-refractivity contribution in [2.75, 3.05) is 0 Å². The number of nitro benzene ring substituents is 1. The lowest BCUT2D eigenvalue weighted by atomic mass is 10.1. The van der Waals surface area contributed by atoms with E-state index in [1.807, 2.05) is 32.0 Å². The van der Waals surface area contributed by atoms with E-state index in [1.165, 1.54) is 30.5 Å². The molecular formula is C20H18ClN5O3. The number of benzene rings is 2. The minimum atomic E-state index is -0.569. The Balaban J connectivity index is 1.82. The van der Waals surface area contributed by atoms with Crippen LogP contribution in [0.2, 0.25) is 5.15 Å². The standard InChI is InChI=1S/C20H18ClN5O3/c1-12-7-8-13(2)18(9-12)25-19(21)17(14(3)24-25)11-22-23-20(27)15-5-4-6-16(10-15)26(28)29/h4-11H,1-3H3,(H,23,27)/b22-11-. The number of rotatable bonds is 5. The molecule has 1 heterocycles. The molecule has 0 saturated heterocycles. The Morgan fingerprint density at radius 1 is 1.24 bits per heavy atom. The van der Waals surface area contributed by atoms with Gasteiger partial charge in [-0.1, -0.05) is 29.8 Å². The number of hydrazone groups is 1. The van der Waals surface area contributed by atoms with Crippen LogP contribution < -0.4 is 5.43 Å². The first kappa shape index (κ1) is 20.2. The molecule has 0 spiro atoms. The van der Waals surface area contributed by atoms with Crippen LogP contribution in [0, 0.1) is 30.9 Å². The number of carbonyl (C=O) groups excluding carboxylic acids is 1. The van der Waals surface area contributed by atoms with Crippen molar-refractivity contribution in [2.24, 2.45) is 5.10 Å². The monoisotopic (exact) mass is 411 g/mol. The van der Waals surface area contributed by atoms with Gasteiger partial charge in [-0.2, -0.15) is 10.2 Å². The van der Waals surface area contributed by atoms with Crippen molar-refractivity contribution in [1.29, 1.82) is 0 Å². The summed E-state index contributed by atoms with van der Waals surface area (Å²) in [5.74, 6) is -0.569. The fraction of sp³-hybridized carbons (Fsp3) is 0.150. The number of nitrogens with one attached hydrogen (secondary N) is 1. The van der Waals surface area contributed by atoms with Gasteiger partial charge in [-0.25, -0.2) is 10.1 Å². The van der Waals surface area contributed by atoms with Gasteiger partial charge < -0.3 is 0 Å². The molecule has 8 nitrogen and oxygen atoms in total. The number of aryl methyl sites for hydroxylation is 3. The van der Waals surface area contributed by atoms with Crippen molar-refractivity contribution < 1.29 is 9.72 Å². The number of carbonyl (C=O) groups is 1. The van der Waals surface area contributed by atoms with E-state index in [2.05, 4.69) is 15.6 Å². The summed E-state index contributed by atoms with van der Waals surface area (Å²) in [6.45, 7) is 5.74. The summed E-state index contributed by atoms with van der Waals surface area (Å²) >= 11 is 6.50. The zero-order chi connectivity index (χ0) is 21.1. The normalized spacial score (nSPS) is 11.0. The second kappa shape index (κ2) is 8.24. The highest BCUT2D eigenvalue weighted by molar-refractivity contribution is 6.32. The zero-order valence-corrected chi connectivity index (χ0v) is 16.8. The number of nitrogens with zero attached hydrogens (tertiary/aromatic N) is 4. The van der Waals surface area contributed by atoms with Crippen LogP contribution in [0.3, 0.4) is 0 Å². The number of non-ortho nitro benzene ring substituents is 1. The lowest BCUT2D eigenvalue weighted by Crippen LogP contribution is -2.17. The second-order valence-corrected chi connectivity index (χ2v) is 6.86. The van der Waals surface area contributed by atoms with E-state index in [1.54, 1.807) is 11.6 Å². The predicted molar refractivity (Wildman–Crippen MR) is 111 cm³/mol. The van der Waals surface area contributed by atoms with Gasteiger partial charge in [-0.3, -0.25) is 14.9 Å². The number of amides is 1. The molecule has 0 radical (unpaired) electrons. The lowest BCUT2D eigenvalue weighted by molar-refractivity contribution is -0.384. The molecule has 0 aliphatic rings. The van der Waals surface area contributed by atoms with Gasteiger partial charge in [-0.15, -0.1) is 0 Å². The van der Waals surface area contributed by atoms with Gasteiger partial charge in [0.1, 0.15) is 5.15 Å². The molecule has 29 heavy (non-hydrogen) atoms. The van der Waals surface area contributed by atoms with E-state index in [-0.39, 0.29) is 11.3 Å². The van der Waals surface area contributed by atoms with Gasteiger partial charge in [0.2, 0.25) is 0 Å². The Hall–Kier alpha value is -3.52. The maximum Gasteiger partial charge on any atom is 0.271 e. The number of hydrogen-bond donors (Lipinski definition) is 1. The van der Waals surface area contributed by atoms with Gasteiger partial charge in [0, 0.05) is 17.7 Å². The maximum absolute atomic E-state index is 12.2. The summed E-state index contributed by atoms with van der Waals surface area (Å²) in [6, 6.07) is 11.4. The molecule has 0 unspecified atom stereocenters. The van der Waals surface area contributed by atoms with Crippen LogP contribution >= 0.6 is 11.6 Å². The van der Waals surface area contributed by atoms with Crippen LogP contribution in [-0.4, -0.2) is 26.8 Å². The minimum absolute atomic E-state index is 0.130. The van der Waals surface area contributed by atoms with Crippen molar-refractivity contribution in [3.63, 3.8) is 0 Å². The molecule has 0 saturated carbocycles. The van der Waals surface area contributed by atoms with Crippen LogP contribution in [0.5, 0.6) is 0 Å². The molecule has 0 aliphatic heterocycles. The van der Waals surface area contributed by atoms with Gasteiger partial charge in [-0.05, 0) is 44.0 Å². The third kappa shape index (κ3) is 4.33. The highest BCUT2D eigenvalue weighted by Gasteiger charge is 2.15. The number of nitro groups is 1. The van der Waals surface area contributed by atoms with Crippen molar-refractivity contribution in [2.45, 2.75) is 20.8 Å². The molecule has 1 aromatic heterocycles. The molecule has 0 bridgehead atoms. The summed E-state index contributed by atoms with van der Waals surface area (Å²) in [5, 5.41) is 19.6. The van der Waals surface area contributed by atoms with Gasteiger partial charge >= 0.3 is 0 Å². The number of halogens is 1. The van der Waals surface area contributed by atoms with E-state index in [9.17, 15) is 14.9 Å². The van der Waals surface area contributed by atoms with Crippen LogP contribution in [0.15, 0.2) is 47.6 Å². The lowest BCUT2D eigenvalue weighted by Gasteiger charge is -2.08. The molecule has 2 aromatic carbocycles. The van der Waals surface area contributed by atoms with Crippen molar-refractivity contribution in [3.05, 3.63) is 85.7 Å². The average Bonchev–Trinajstić information content (AvgIpc) is 2.97. The van der Waals surface area contributed by atoms with Crippen molar-refractivity contribution in [1.82, 2.24) is 15.2 Å². The van der Waals surface area contributed by atoms with E-state index >= 15 is 0 Å². The van der Waals surface area contributed by atoms with Crippen molar-refractivity contribution in [3.8, 4) is 5.69 Å². The molecule has 0 atom stereocenters. The van der Waals surface area contributed by atoms with Crippen molar-refractivity contribution >= 4 is 29.4 Å². The zero-order valence-electron chi connectivity index (χ0n) is 16.0. The Kier molecular flexibility index (Phi) is 5.74. The Morgan fingerprint density at radius 2 is 2.00 bits per heavy atom. The molecule has 3 aromatic rings. The third-order valence-corrected chi connectivity index (χ3v) is 4.68. The first-order valence-electron chi connectivity index (χ1n) is 8.68. The maximum atomic E-state index is 12.2. The molecule has 3 rings (SSSR count). The topological polar surface area (TPSA) is 102 Å². The second-order valence-electron chi connectivity index (χ2n) is 6.50.